The van der Waals surface area contributed by atoms with Gasteiger partial charge in [-0.2, -0.15) is 0 Å². The molecule has 0 bridgehead atoms. The predicted molar refractivity (Wildman–Crippen MR) is 109 cm³/mol. The molecule has 4 heteroatoms. The number of hydrogen-bond donors (Lipinski definition) is 2. The number of aromatic hydroxyl groups is 2. The third-order valence-corrected chi connectivity index (χ3v) is 4.82. The third kappa shape index (κ3) is 2.63. The van der Waals surface area contributed by atoms with Crippen LogP contribution in [0.5, 0.6) is 11.5 Å². The lowest BCUT2D eigenvalue weighted by Crippen LogP contribution is -2.01. The van der Waals surface area contributed by atoms with Crippen LogP contribution in [0.2, 0.25) is 0 Å². The maximum absolute atomic E-state index is 10.2. The van der Waals surface area contributed by atoms with Gasteiger partial charge in [0.1, 0.15) is 24.0 Å². The van der Waals surface area contributed by atoms with E-state index in [-0.39, 0.29) is 11.5 Å². The topological polar surface area (TPSA) is 58.9 Å². The van der Waals surface area contributed by atoms with E-state index in [1.54, 1.807) is 24.3 Å². The van der Waals surface area contributed by atoms with Gasteiger partial charge in [-0.05, 0) is 45.8 Å². The van der Waals surface area contributed by atoms with Crippen molar-refractivity contribution in [2.75, 3.05) is 0 Å². The Hall–Kier alpha value is -3.92. The minimum Gasteiger partial charge on any atom is -0.508 e. The summed E-state index contributed by atoms with van der Waals surface area (Å²) in [7, 11) is 0. The summed E-state index contributed by atoms with van der Waals surface area (Å²) < 4.78 is 11.7. The lowest BCUT2D eigenvalue weighted by atomic mass is 9.97. The number of ether oxygens (including phenoxy) is 2. The van der Waals surface area contributed by atoms with Crippen molar-refractivity contribution in [1.29, 1.82) is 0 Å². The summed E-state index contributed by atoms with van der Waals surface area (Å²) in [6.45, 7) is 0. The summed E-state index contributed by atoms with van der Waals surface area (Å²) in [6.07, 6.45) is 2.92. The Morgan fingerprint density at radius 1 is 0.536 bits per heavy atom. The van der Waals surface area contributed by atoms with Crippen molar-refractivity contribution in [1.82, 2.24) is 0 Å². The molecule has 4 nitrogen and oxygen atoms in total. The molecule has 2 N–H and O–H groups in total. The molecule has 0 saturated heterocycles. The van der Waals surface area contributed by atoms with Crippen LogP contribution >= 0.6 is 0 Å². The molecule has 0 spiro atoms. The first-order chi connectivity index (χ1) is 13.7. The maximum atomic E-state index is 10.2. The van der Waals surface area contributed by atoms with E-state index < -0.39 is 0 Å². The second kappa shape index (κ2) is 6.35. The van der Waals surface area contributed by atoms with E-state index in [9.17, 15) is 10.2 Å². The second-order valence-corrected chi connectivity index (χ2v) is 6.60. The molecule has 0 radical (unpaired) electrons. The van der Waals surface area contributed by atoms with Gasteiger partial charge in [0.2, 0.25) is 0 Å². The molecule has 1 heterocycles. The minimum absolute atomic E-state index is 0.138. The molecular weight excluding hydrogens is 352 g/mol. The van der Waals surface area contributed by atoms with Gasteiger partial charge in [0.05, 0.1) is 0 Å². The summed E-state index contributed by atoms with van der Waals surface area (Å²) in [5, 5.41) is 24.1. The molecule has 0 amide bonds. The summed E-state index contributed by atoms with van der Waals surface area (Å²) >= 11 is 0. The normalized spacial score (nSPS) is 13.6. The lowest BCUT2D eigenvalue weighted by molar-refractivity contribution is 0.335. The van der Waals surface area contributed by atoms with E-state index in [1.807, 2.05) is 48.5 Å². The fourth-order valence-corrected chi connectivity index (χ4v) is 3.64. The molecule has 1 aliphatic rings. The molecule has 1 aliphatic heterocycles. The summed E-state index contributed by atoms with van der Waals surface area (Å²) in [6, 6.07) is 22.3. The zero-order valence-corrected chi connectivity index (χ0v) is 14.8. The summed E-state index contributed by atoms with van der Waals surface area (Å²) in [5.41, 5.74) is 1.42. The number of phenols is 2. The van der Waals surface area contributed by atoms with E-state index in [0.29, 0.717) is 22.6 Å². The van der Waals surface area contributed by atoms with Gasteiger partial charge >= 0.3 is 0 Å². The average Bonchev–Trinajstić information content (AvgIpc) is 2.72. The Labute approximate surface area is 161 Å². The molecule has 0 saturated carbocycles. The second-order valence-electron chi connectivity index (χ2n) is 6.60. The van der Waals surface area contributed by atoms with Crippen LogP contribution in [0.25, 0.3) is 33.1 Å². The van der Waals surface area contributed by atoms with Gasteiger partial charge in [-0.1, -0.05) is 48.5 Å². The molecule has 28 heavy (non-hydrogen) atoms. The molecule has 0 fully saturated rings. The van der Waals surface area contributed by atoms with Crippen molar-refractivity contribution < 1.29 is 19.7 Å². The first-order valence-electron chi connectivity index (χ1n) is 8.87. The fourth-order valence-electron chi connectivity index (χ4n) is 3.64. The zero-order valence-electron chi connectivity index (χ0n) is 14.8. The Kier molecular flexibility index (Phi) is 3.69. The molecule has 0 unspecified atom stereocenters. The van der Waals surface area contributed by atoms with Crippen molar-refractivity contribution in [2.45, 2.75) is 0 Å². The van der Waals surface area contributed by atoms with Crippen LogP contribution in [-0.2, 0) is 9.47 Å². The van der Waals surface area contributed by atoms with E-state index >= 15 is 0 Å². The largest absolute Gasteiger partial charge is 0.508 e. The number of benzene rings is 4. The molecule has 136 valence electrons. The van der Waals surface area contributed by atoms with Gasteiger partial charge in [0, 0.05) is 11.1 Å². The van der Waals surface area contributed by atoms with Crippen molar-refractivity contribution in [3.63, 3.8) is 0 Å². The number of fused-ring (bicyclic) bond motifs is 2. The number of rotatable bonds is 2. The standard InChI is InChI=1S/C24H16O4/c25-17-11-15-5-1-3-7-19(15)21(13-17)23-24(28-10-9-27-23)22-14-18(26)12-16-6-2-4-8-20(16)22/h1-14,25-26H. The van der Waals surface area contributed by atoms with Gasteiger partial charge in [0.25, 0.3) is 0 Å². The molecule has 0 aliphatic carbocycles. The highest BCUT2D eigenvalue weighted by atomic mass is 16.5. The molecule has 5 rings (SSSR count). The lowest BCUT2D eigenvalue weighted by Gasteiger charge is -2.20. The summed E-state index contributed by atoms with van der Waals surface area (Å²) in [5.74, 6) is 1.23. The van der Waals surface area contributed by atoms with Crippen LogP contribution in [-0.4, -0.2) is 10.2 Å². The SMILES string of the molecule is Oc1cc(C2=C(c3cc(O)cc4ccccc34)OC=CO2)c2ccccc2c1. The third-order valence-electron chi connectivity index (χ3n) is 4.82. The van der Waals surface area contributed by atoms with E-state index in [1.165, 1.54) is 12.5 Å². The first-order valence-corrected chi connectivity index (χ1v) is 8.87. The molecule has 0 atom stereocenters. The zero-order chi connectivity index (χ0) is 19.1. The van der Waals surface area contributed by atoms with Gasteiger partial charge in [-0.15, -0.1) is 0 Å². The van der Waals surface area contributed by atoms with Crippen LogP contribution < -0.4 is 0 Å². The fraction of sp³-hybridized carbons (Fsp3) is 0. The van der Waals surface area contributed by atoms with Crippen LogP contribution in [0.4, 0.5) is 0 Å². The first kappa shape index (κ1) is 16.3. The Morgan fingerprint density at radius 2 is 0.964 bits per heavy atom. The smallest absolute Gasteiger partial charge is 0.177 e. The Balaban J connectivity index is 1.84. The quantitative estimate of drug-likeness (QED) is 0.473. The van der Waals surface area contributed by atoms with Crippen molar-refractivity contribution in [2.24, 2.45) is 0 Å². The van der Waals surface area contributed by atoms with Crippen LogP contribution in [0.1, 0.15) is 11.1 Å². The molecule has 0 aromatic heterocycles. The van der Waals surface area contributed by atoms with E-state index in [4.69, 9.17) is 9.47 Å². The van der Waals surface area contributed by atoms with Gasteiger partial charge < -0.3 is 19.7 Å². The van der Waals surface area contributed by atoms with E-state index in [2.05, 4.69) is 0 Å². The highest BCUT2D eigenvalue weighted by Gasteiger charge is 2.22. The van der Waals surface area contributed by atoms with Crippen molar-refractivity contribution >= 4 is 33.1 Å². The molecule has 4 aromatic carbocycles. The van der Waals surface area contributed by atoms with E-state index in [0.717, 1.165) is 21.5 Å². The van der Waals surface area contributed by atoms with Crippen molar-refractivity contribution in [3.8, 4) is 11.5 Å². The molecular formula is C24H16O4. The van der Waals surface area contributed by atoms with Gasteiger partial charge in [-0.25, -0.2) is 0 Å². The Bertz CT molecular complexity index is 1190. The summed E-state index contributed by atoms with van der Waals surface area (Å²) in [4.78, 5) is 0. The number of phenolic OH excluding ortho intramolecular Hbond substituents is 2. The minimum atomic E-state index is 0.138. The van der Waals surface area contributed by atoms with Crippen molar-refractivity contribution in [3.05, 3.63) is 96.4 Å². The van der Waals surface area contributed by atoms with Crippen LogP contribution in [0.3, 0.4) is 0 Å². The number of hydrogen-bond acceptors (Lipinski definition) is 4. The predicted octanol–water partition coefficient (Wildman–Crippen LogP) is 5.75. The molecule has 4 aromatic rings. The monoisotopic (exact) mass is 368 g/mol. The van der Waals surface area contributed by atoms with Gasteiger partial charge in [0.15, 0.2) is 11.5 Å². The van der Waals surface area contributed by atoms with Crippen LogP contribution in [0.15, 0.2) is 85.3 Å². The Morgan fingerprint density at radius 3 is 1.43 bits per heavy atom. The van der Waals surface area contributed by atoms with Gasteiger partial charge in [-0.3, -0.25) is 0 Å². The highest BCUT2D eigenvalue weighted by molar-refractivity contribution is 6.03. The van der Waals surface area contributed by atoms with Crippen LogP contribution in [0, 0.1) is 0 Å². The highest BCUT2D eigenvalue weighted by Crippen LogP contribution is 2.40. The average molecular weight is 368 g/mol. The maximum Gasteiger partial charge on any atom is 0.177 e.